The van der Waals surface area contributed by atoms with E-state index in [-0.39, 0.29) is 5.91 Å². The fourth-order valence-electron chi connectivity index (χ4n) is 2.50. The maximum absolute atomic E-state index is 12.5. The van der Waals surface area contributed by atoms with Gasteiger partial charge in [-0.05, 0) is 32.8 Å². The Kier molecular flexibility index (Phi) is 3.75. The molecular weight excluding hydrogens is 242 g/mol. The molecule has 0 aromatic carbocycles. The molecule has 1 fully saturated rings. The van der Waals surface area contributed by atoms with Gasteiger partial charge in [0.2, 0.25) is 0 Å². The Bertz CT molecular complexity index is 486. The number of nitrogens with one attached hydrogen (secondary N) is 1. The third-order valence-electron chi connectivity index (χ3n) is 3.50. The standard InChI is InChI=1S/C14H21N3O2/c1-10-7-12(15-3)11(8-16-10)13(18)17-6-4-5-14(2,19)9-17/h7-8,19H,4-6,9H2,1-3H3,(H,15,16). The van der Waals surface area contributed by atoms with Crippen LogP contribution in [0.25, 0.3) is 0 Å². The number of pyridine rings is 1. The van der Waals surface area contributed by atoms with Crippen molar-refractivity contribution in [2.45, 2.75) is 32.3 Å². The van der Waals surface area contributed by atoms with E-state index >= 15 is 0 Å². The number of rotatable bonds is 2. The van der Waals surface area contributed by atoms with Crippen molar-refractivity contribution in [1.82, 2.24) is 9.88 Å². The van der Waals surface area contributed by atoms with Crippen LogP contribution in [0.5, 0.6) is 0 Å². The summed E-state index contributed by atoms with van der Waals surface area (Å²) < 4.78 is 0. The second-order valence-corrected chi connectivity index (χ2v) is 5.45. The summed E-state index contributed by atoms with van der Waals surface area (Å²) >= 11 is 0. The molecule has 0 radical (unpaired) electrons. The van der Waals surface area contributed by atoms with Crippen molar-refractivity contribution >= 4 is 11.6 Å². The van der Waals surface area contributed by atoms with Gasteiger partial charge < -0.3 is 15.3 Å². The number of aromatic nitrogens is 1. The van der Waals surface area contributed by atoms with Crippen LogP contribution in [0.15, 0.2) is 12.3 Å². The van der Waals surface area contributed by atoms with Gasteiger partial charge in [-0.15, -0.1) is 0 Å². The van der Waals surface area contributed by atoms with E-state index in [1.54, 1.807) is 25.1 Å². The number of β-amino-alcohol motifs (C(OH)–C–C–N with tert-alkyl or cyclic N) is 1. The summed E-state index contributed by atoms with van der Waals surface area (Å²) in [4.78, 5) is 18.4. The van der Waals surface area contributed by atoms with E-state index in [2.05, 4.69) is 10.3 Å². The van der Waals surface area contributed by atoms with Crippen LogP contribution in [0.2, 0.25) is 0 Å². The van der Waals surface area contributed by atoms with Gasteiger partial charge in [-0.1, -0.05) is 0 Å². The average Bonchev–Trinajstić information content (AvgIpc) is 2.36. The Balaban J connectivity index is 2.24. The van der Waals surface area contributed by atoms with Gasteiger partial charge in [0, 0.05) is 32.0 Å². The summed E-state index contributed by atoms with van der Waals surface area (Å²) in [5.41, 5.74) is 1.42. The number of piperidine rings is 1. The second kappa shape index (κ2) is 5.17. The smallest absolute Gasteiger partial charge is 0.257 e. The first-order chi connectivity index (χ1) is 8.93. The maximum Gasteiger partial charge on any atom is 0.257 e. The van der Waals surface area contributed by atoms with Gasteiger partial charge in [-0.25, -0.2) is 0 Å². The number of carbonyl (C=O) groups excluding carboxylic acids is 1. The summed E-state index contributed by atoms with van der Waals surface area (Å²) in [6.07, 6.45) is 3.17. The van der Waals surface area contributed by atoms with Gasteiger partial charge >= 0.3 is 0 Å². The fraction of sp³-hybridized carbons (Fsp3) is 0.571. The number of nitrogens with zero attached hydrogens (tertiary/aromatic N) is 2. The molecule has 2 rings (SSSR count). The van der Waals surface area contributed by atoms with Crippen LogP contribution in [0, 0.1) is 6.92 Å². The molecule has 1 aromatic heterocycles. The molecule has 1 unspecified atom stereocenters. The number of carbonyl (C=O) groups is 1. The molecule has 2 N–H and O–H groups in total. The normalized spacial score (nSPS) is 23.3. The lowest BCUT2D eigenvalue weighted by molar-refractivity contribution is -0.0107. The molecule has 1 atom stereocenters. The van der Waals surface area contributed by atoms with E-state index in [1.165, 1.54) is 0 Å². The summed E-state index contributed by atoms with van der Waals surface area (Å²) in [5.74, 6) is -0.0724. The monoisotopic (exact) mass is 263 g/mol. The topological polar surface area (TPSA) is 65.5 Å². The molecule has 2 heterocycles. The summed E-state index contributed by atoms with van der Waals surface area (Å²) in [7, 11) is 1.79. The maximum atomic E-state index is 12.5. The summed E-state index contributed by atoms with van der Waals surface area (Å²) in [5, 5.41) is 13.1. The summed E-state index contributed by atoms with van der Waals surface area (Å²) in [6, 6.07) is 1.86. The first-order valence-corrected chi connectivity index (χ1v) is 6.59. The molecule has 1 aliphatic rings. The number of likely N-dealkylation sites (tertiary alicyclic amines) is 1. The molecule has 0 aliphatic carbocycles. The minimum Gasteiger partial charge on any atom is -0.388 e. The van der Waals surface area contributed by atoms with Gasteiger partial charge in [-0.3, -0.25) is 9.78 Å². The highest BCUT2D eigenvalue weighted by Crippen LogP contribution is 2.24. The Hall–Kier alpha value is -1.62. The zero-order chi connectivity index (χ0) is 14.0. The van der Waals surface area contributed by atoms with Crippen LogP contribution in [0.1, 0.15) is 35.8 Å². The predicted octanol–water partition coefficient (Wildman–Crippen LogP) is 1.42. The van der Waals surface area contributed by atoms with Crippen LogP contribution in [-0.4, -0.2) is 46.6 Å². The number of aliphatic hydroxyl groups is 1. The largest absolute Gasteiger partial charge is 0.388 e. The molecule has 1 amide bonds. The number of amides is 1. The minimum absolute atomic E-state index is 0.0724. The summed E-state index contributed by atoms with van der Waals surface area (Å²) in [6.45, 7) is 4.73. The zero-order valence-electron chi connectivity index (χ0n) is 11.7. The molecule has 0 spiro atoms. The molecule has 5 nitrogen and oxygen atoms in total. The average molecular weight is 263 g/mol. The zero-order valence-corrected chi connectivity index (χ0v) is 11.7. The van der Waals surface area contributed by atoms with Crippen LogP contribution in [0.4, 0.5) is 5.69 Å². The Morgan fingerprint density at radius 2 is 2.32 bits per heavy atom. The van der Waals surface area contributed by atoms with Crippen molar-refractivity contribution in [2.24, 2.45) is 0 Å². The van der Waals surface area contributed by atoms with Crippen LogP contribution >= 0.6 is 0 Å². The molecule has 0 saturated carbocycles. The lowest BCUT2D eigenvalue weighted by atomic mass is 9.94. The van der Waals surface area contributed by atoms with Crippen molar-refractivity contribution in [3.8, 4) is 0 Å². The number of anilines is 1. The minimum atomic E-state index is -0.786. The Morgan fingerprint density at radius 1 is 1.58 bits per heavy atom. The molecule has 5 heteroatoms. The van der Waals surface area contributed by atoms with E-state index in [0.29, 0.717) is 18.7 Å². The van der Waals surface area contributed by atoms with Crippen LogP contribution in [-0.2, 0) is 0 Å². The highest BCUT2D eigenvalue weighted by molar-refractivity contribution is 5.99. The van der Waals surface area contributed by atoms with Gasteiger partial charge in [0.05, 0.1) is 16.9 Å². The van der Waals surface area contributed by atoms with Crippen LogP contribution < -0.4 is 5.32 Å². The van der Waals surface area contributed by atoms with Crippen molar-refractivity contribution < 1.29 is 9.90 Å². The van der Waals surface area contributed by atoms with Crippen LogP contribution in [0.3, 0.4) is 0 Å². The molecule has 1 aromatic rings. The first-order valence-electron chi connectivity index (χ1n) is 6.59. The highest BCUT2D eigenvalue weighted by atomic mass is 16.3. The molecule has 0 bridgehead atoms. The van der Waals surface area contributed by atoms with Gasteiger partial charge in [0.15, 0.2) is 0 Å². The van der Waals surface area contributed by atoms with Crippen molar-refractivity contribution in [3.05, 3.63) is 23.5 Å². The van der Waals surface area contributed by atoms with E-state index in [1.807, 2.05) is 13.0 Å². The third-order valence-corrected chi connectivity index (χ3v) is 3.50. The highest BCUT2D eigenvalue weighted by Gasteiger charge is 2.32. The quantitative estimate of drug-likeness (QED) is 0.847. The van der Waals surface area contributed by atoms with Crippen molar-refractivity contribution in [2.75, 3.05) is 25.5 Å². The second-order valence-electron chi connectivity index (χ2n) is 5.45. The molecule has 1 saturated heterocycles. The number of hydrogen-bond donors (Lipinski definition) is 2. The lowest BCUT2D eigenvalue weighted by Gasteiger charge is -2.37. The first kappa shape index (κ1) is 13.8. The molecule has 1 aliphatic heterocycles. The third kappa shape index (κ3) is 3.04. The Labute approximate surface area is 113 Å². The van der Waals surface area contributed by atoms with Crippen molar-refractivity contribution in [1.29, 1.82) is 0 Å². The lowest BCUT2D eigenvalue weighted by Crippen LogP contribution is -2.48. The SMILES string of the molecule is CNc1cc(C)ncc1C(=O)N1CCCC(C)(O)C1. The van der Waals surface area contributed by atoms with E-state index < -0.39 is 5.60 Å². The van der Waals surface area contributed by atoms with Crippen molar-refractivity contribution in [3.63, 3.8) is 0 Å². The van der Waals surface area contributed by atoms with E-state index in [0.717, 1.165) is 24.2 Å². The van der Waals surface area contributed by atoms with Gasteiger partial charge in [0.25, 0.3) is 5.91 Å². The molecule has 104 valence electrons. The van der Waals surface area contributed by atoms with E-state index in [4.69, 9.17) is 0 Å². The number of aryl methyl sites for hydroxylation is 1. The van der Waals surface area contributed by atoms with Gasteiger partial charge in [0.1, 0.15) is 0 Å². The molecular formula is C14H21N3O2. The van der Waals surface area contributed by atoms with E-state index in [9.17, 15) is 9.90 Å². The predicted molar refractivity (Wildman–Crippen MR) is 74.3 cm³/mol. The van der Waals surface area contributed by atoms with Gasteiger partial charge in [-0.2, -0.15) is 0 Å². The molecule has 19 heavy (non-hydrogen) atoms. The Morgan fingerprint density at radius 3 is 2.95 bits per heavy atom. The fourth-order valence-corrected chi connectivity index (χ4v) is 2.50. The number of hydrogen-bond acceptors (Lipinski definition) is 4.